The standard InChI is InChI=1S/C17H26N2O2/c1-11(2)8-19(10-17(18)21)9-16(20)15-7-13(4)12(3)6-14(15)5/h6-7,11H,8-10H2,1-5H3,(H2,18,21). The number of amides is 1. The summed E-state index contributed by atoms with van der Waals surface area (Å²) in [7, 11) is 0. The molecule has 21 heavy (non-hydrogen) atoms. The van der Waals surface area contributed by atoms with Crippen LogP contribution in [0.2, 0.25) is 0 Å². The predicted octanol–water partition coefficient (Wildman–Crippen LogP) is 2.24. The molecule has 0 unspecified atom stereocenters. The highest BCUT2D eigenvalue weighted by atomic mass is 16.1. The van der Waals surface area contributed by atoms with Gasteiger partial charge in [-0.05, 0) is 49.4 Å². The minimum atomic E-state index is -0.403. The Hall–Kier alpha value is -1.68. The molecule has 0 radical (unpaired) electrons. The molecule has 0 aromatic heterocycles. The van der Waals surface area contributed by atoms with Gasteiger partial charge >= 0.3 is 0 Å². The number of Topliss-reactive ketones (excluding diaryl/α,β-unsaturated/α-hetero) is 1. The molecule has 1 aromatic rings. The van der Waals surface area contributed by atoms with Gasteiger partial charge in [0.05, 0.1) is 13.1 Å². The van der Waals surface area contributed by atoms with Crippen LogP contribution >= 0.6 is 0 Å². The summed E-state index contributed by atoms with van der Waals surface area (Å²) in [6.07, 6.45) is 0. The Morgan fingerprint density at radius 3 is 2.14 bits per heavy atom. The summed E-state index contributed by atoms with van der Waals surface area (Å²) >= 11 is 0. The second-order valence-electron chi connectivity index (χ2n) is 6.20. The SMILES string of the molecule is Cc1cc(C)c(C(=O)CN(CC(N)=O)CC(C)C)cc1C. The first-order chi connectivity index (χ1) is 9.70. The first kappa shape index (κ1) is 17.4. The van der Waals surface area contributed by atoms with Crippen LogP contribution in [0.4, 0.5) is 0 Å². The molecule has 0 atom stereocenters. The van der Waals surface area contributed by atoms with Gasteiger partial charge in [0.2, 0.25) is 5.91 Å². The number of nitrogens with two attached hydrogens (primary N) is 1. The Morgan fingerprint density at radius 1 is 1.05 bits per heavy atom. The Kier molecular flexibility index (Phi) is 6.09. The van der Waals surface area contributed by atoms with Crippen molar-refractivity contribution in [3.05, 3.63) is 34.4 Å². The maximum absolute atomic E-state index is 12.5. The number of benzene rings is 1. The van der Waals surface area contributed by atoms with E-state index in [4.69, 9.17) is 5.73 Å². The molecule has 1 amide bonds. The van der Waals surface area contributed by atoms with Crippen LogP contribution in [-0.2, 0) is 4.79 Å². The number of hydrogen-bond acceptors (Lipinski definition) is 3. The molecule has 1 rings (SSSR count). The summed E-state index contributed by atoms with van der Waals surface area (Å²) in [5, 5.41) is 0. The summed E-state index contributed by atoms with van der Waals surface area (Å²) in [6.45, 7) is 11.1. The van der Waals surface area contributed by atoms with Crippen LogP contribution in [0.5, 0.6) is 0 Å². The normalized spacial score (nSPS) is 11.2. The van der Waals surface area contributed by atoms with Crippen molar-refractivity contribution in [3.8, 4) is 0 Å². The van der Waals surface area contributed by atoms with Crippen molar-refractivity contribution >= 4 is 11.7 Å². The van der Waals surface area contributed by atoms with E-state index < -0.39 is 5.91 Å². The number of aryl methyl sites for hydroxylation is 3. The molecule has 0 aliphatic carbocycles. The number of ketones is 1. The van der Waals surface area contributed by atoms with Crippen LogP contribution in [-0.4, -0.2) is 36.2 Å². The highest BCUT2D eigenvalue weighted by Gasteiger charge is 2.17. The molecule has 0 aliphatic rings. The topological polar surface area (TPSA) is 63.4 Å². The minimum absolute atomic E-state index is 0.0394. The highest BCUT2D eigenvalue weighted by molar-refractivity contribution is 5.99. The third-order valence-corrected chi connectivity index (χ3v) is 3.51. The minimum Gasteiger partial charge on any atom is -0.369 e. The third-order valence-electron chi connectivity index (χ3n) is 3.51. The first-order valence-corrected chi connectivity index (χ1v) is 7.32. The summed E-state index contributed by atoms with van der Waals surface area (Å²) in [5.74, 6) is 0.00996. The molecule has 0 bridgehead atoms. The van der Waals surface area contributed by atoms with Gasteiger partial charge in [-0.15, -0.1) is 0 Å². The van der Waals surface area contributed by atoms with E-state index in [2.05, 4.69) is 13.8 Å². The van der Waals surface area contributed by atoms with Crippen LogP contribution < -0.4 is 5.73 Å². The van der Waals surface area contributed by atoms with Gasteiger partial charge in [-0.2, -0.15) is 0 Å². The van der Waals surface area contributed by atoms with E-state index in [1.54, 1.807) is 0 Å². The fourth-order valence-electron chi connectivity index (χ4n) is 2.47. The van der Waals surface area contributed by atoms with Gasteiger partial charge in [0.25, 0.3) is 0 Å². The van der Waals surface area contributed by atoms with Crippen molar-refractivity contribution in [2.45, 2.75) is 34.6 Å². The van der Waals surface area contributed by atoms with Crippen LogP contribution in [0.3, 0.4) is 0 Å². The van der Waals surface area contributed by atoms with E-state index >= 15 is 0 Å². The van der Waals surface area contributed by atoms with E-state index in [0.29, 0.717) is 12.5 Å². The van der Waals surface area contributed by atoms with Crippen LogP contribution in [0.25, 0.3) is 0 Å². The van der Waals surface area contributed by atoms with E-state index in [-0.39, 0.29) is 18.9 Å². The van der Waals surface area contributed by atoms with Crippen molar-refractivity contribution < 1.29 is 9.59 Å². The molecule has 0 spiro atoms. The maximum atomic E-state index is 12.5. The molecule has 0 heterocycles. The van der Waals surface area contributed by atoms with E-state index in [1.807, 2.05) is 37.8 Å². The number of rotatable bonds is 7. The van der Waals surface area contributed by atoms with Crippen molar-refractivity contribution in [3.63, 3.8) is 0 Å². The molecular weight excluding hydrogens is 264 g/mol. The molecule has 4 heteroatoms. The molecule has 0 aliphatic heterocycles. The lowest BCUT2D eigenvalue weighted by atomic mass is 9.98. The van der Waals surface area contributed by atoms with Gasteiger partial charge in [-0.3, -0.25) is 14.5 Å². The number of hydrogen-bond donors (Lipinski definition) is 1. The van der Waals surface area contributed by atoms with Crippen LogP contribution in [0.15, 0.2) is 12.1 Å². The van der Waals surface area contributed by atoms with Crippen molar-refractivity contribution in [1.29, 1.82) is 0 Å². The van der Waals surface area contributed by atoms with Gasteiger partial charge in [0.15, 0.2) is 5.78 Å². The summed E-state index contributed by atoms with van der Waals surface area (Å²) in [6, 6.07) is 3.97. The van der Waals surface area contributed by atoms with Gasteiger partial charge in [0, 0.05) is 12.1 Å². The molecule has 0 saturated carbocycles. The fourth-order valence-corrected chi connectivity index (χ4v) is 2.47. The van der Waals surface area contributed by atoms with Crippen molar-refractivity contribution in [2.75, 3.05) is 19.6 Å². The average molecular weight is 290 g/mol. The van der Waals surface area contributed by atoms with Gasteiger partial charge in [-0.25, -0.2) is 0 Å². The van der Waals surface area contributed by atoms with Crippen LogP contribution in [0, 0.1) is 26.7 Å². The number of nitrogens with zero attached hydrogens (tertiary/aromatic N) is 1. The van der Waals surface area contributed by atoms with Gasteiger partial charge in [0.1, 0.15) is 0 Å². The Bertz CT molecular complexity index is 536. The molecule has 0 fully saturated rings. The zero-order valence-corrected chi connectivity index (χ0v) is 13.7. The summed E-state index contributed by atoms with van der Waals surface area (Å²) < 4.78 is 0. The molecule has 0 saturated heterocycles. The van der Waals surface area contributed by atoms with E-state index in [1.165, 1.54) is 5.56 Å². The van der Waals surface area contributed by atoms with Crippen molar-refractivity contribution in [2.24, 2.45) is 11.7 Å². The highest BCUT2D eigenvalue weighted by Crippen LogP contribution is 2.16. The van der Waals surface area contributed by atoms with E-state index in [0.717, 1.165) is 16.7 Å². The van der Waals surface area contributed by atoms with E-state index in [9.17, 15) is 9.59 Å². The number of primary amides is 1. The zero-order chi connectivity index (χ0) is 16.2. The lowest BCUT2D eigenvalue weighted by molar-refractivity contribution is -0.119. The van der Waals surface area contributed by atoms with Crippen LogP contribution in [0.1, 0.15) is 40.9 Å². The van der Waals surface area contributed by atoms with Gasteiger partial charge in [-0.1, -0.05) is 19.9 Å². The Morgan fingerprint density at radius 2 is 1.62 bits per heavy atom. The lowest BCUT2D eigenvalue weighted by Crippen LogP contribution is -2.39. The molecule has 116 valence electrons. The zero-order valence-electron chi connectivity index (χ0n) is 13.7. The van der Waals surface area contributed by atoms with Crippen molar-refractivity contribution in [1.82, 2.24) is 4.90 Å². The maximum Gasteiger partial charge on any atom is 0.231 e. The Balaban J connectivity index is 2.91. The largest absolute Gasteiger partial charge is 0.369 e. The number of carbonyl (C=O) groups excluding carboxylic acids is 2. The molecule has 4 nitrogen and oxygen atoms in total. The predicted molar refractivity (Wildman–Crippen MR) is 85.5 cm³/mol. The third kappa shape index (κ3) is 5.31. The number of carbonyl (C=O) groups is 2. The Labute approximate surface area is 127 Å². The molecule has 1 aromatic carbocycles. The molecular formula is C17H26N2O2. The average Bonchev–Trinajstić information content (AvgIpc) is 2.31. The monoisotopic (exact) mass is 290 g/mol. The summed E-state index contributed by atoms with van der Waals surface area (Å²) in [4.78, 5) is 25.5. The second-order valence-corrected chi connectivity index (χ2v) is 6.20. The van der Waals surface area contributed by atoms with Gasteiger partial charge < -0.3 is 5.73 Å². The fraction of sp³-hybridized carbons (Fsp3) is 0.529. The quantitative estimate of drug-likeness (QED) is 0.783. The first-order valence-electron chi connectivity index (χ1n) is 7.32. The smallest absolute Gasteiger partial charge is 0.231 e. The summed E-state index contributed by atoms with van der Waals surface area (Å²) in [5.41, 5.74) is 9.26. The lowest BCUT2D eigenvalue weighted by Gasteiger charge is -2.22. The molecule has 2 N–H and O–H groups in total. The second kappa shape index (κ2) is 7.36.